The molecular weight excluding hydrogens is 206 g/mol. The zero-order valence-corrected chi connectivity index (χ0v) is 10.4. The zero-order valence-electron chi connectivity index (χ0n) is 9.62. The van der Waals surface area contributed by atoms with E-state index in [2.05, 4.69) is 30.6 Å². The molecule has 0 aliphatic rings. The lowest BCUT2D eigenvalue weighted by Gasteiger charge is -2.17. The second-order valence-corrected chi connectivity index (χ2v) is 5.01. The fourth-order valence-corrected chi connectivity index (χ4v) is 1.89. The predicted octanol–water partition coefficient (Wildman–Crippen LogP) is 2.84. The normalized spacial score (nSPS) is 12.8. The number of rotatable bonds is 5. The van der Waals surface area contributed by atoms with Gasteiger partial charge in [-0.05, 0) is 41.7 Å². The molecule has 1 aromatic rings. The molecule has 3 heteroatoms. The molecule has 15 heavy (non-hydrogen) atoms. The van der Waals surface area contributed by atoms with Crippen LogP contribution in [0, 0.1) is 5.92 Å². The minimum absolute atomic E-state index is 0.155. The van der Waals surface area contributed by atoms with Crippen LogP contribution in [0.3, 0.4) is 0 Å². The number of aryl methyl sites for hydroxylation is 1. The summed E-state index contributed by atoms with van der Waals surface area (Å²) in [7, 11) is 0. The van der Waals surface area contributed by atoms with E-state index in [1.54, 1.807) is 11.3 Å². The van der Waals surface area contributed by atoms with Crippen LogP contribution < -0.4 is 5.32 Å². The average molecular weight is 225 g/mol. The van der Waals surface area contributed by atoms with Crippen molar-refractivity contribution < 1.29 is 4.79 Å². The Kier molecular flexibility index (Phi) is 4.82. The van der Waals surface area contributed by atoms with Crippen LogP contribution in [0.5, 0.6) is 0 Å². The van der Waals surface area contributed by atoms with Gasteiger partial charge in [0, 0.05) is 12.5 Å². The molecule has 0 spiro atoms. The van der Waals surface area contributed by atoms with Gasteiger partial charge < -0.3 is 5.32 Å². The standard InChI is InChI=1S/C12H19NOS/c1-9(2)10(3)13-12(14)5-4-11-6-7-15-8-11/h6-10H,4-5H2,1-3H3,(H,13,14). The molecule has 1 aromatic heterocycles. The summed E-state index contributed by atoms with van der Waals surface area (Å²) in [4.78, 5) is 11.5. The maximum Gasteiger partial charge on any atom is 0.220 e. The van der Waals surface area contributed by atoms with Gasteiger partial charge in [-0.2, -0.15) is 11.3 Å². The van der Waals surface area contributed by atoms with Gasteiger partial charge in [-0.1, -0.05) is 13.8 Å². The monoisotopic (exact) mass is 225 g/mol. The molecule has 0 aliphatic heterocycles. The van der Waals surface area contributed by atoms with Crippen molar-refractivity contribution in [3.8, 4) is 0 Å². The number of nitrogens with one attached hydrogen (secondary N) is 1. The second-order valence-electron chi connectivity index (χ2n) is 4.23. The molecule has 1 atom stereocenters. The number of carbonyl (C=O) groups is 1. The van der Waals surface area contributed by atoms with Gasteiger partial charge in [0.2, 0.25) is 5.91 Å². The third kappa shape index (κ3) is 4.47. The highest BCUT2D eigenvalue weighted by atomic mass is 32.1. The van der Waals surface area contributed by atoms with Crippen LogP contribution in [-0.4, -0.2) is 11.9 Å². The van der Waals surface area contributed by atoms with Crippen molar-refractivity contribution in [2.24, 2.45) is 5.92 Å². The Labute approximate surface area is 95.7 Å². The second kappa shape index (κ2) is 5.91. The van der Waals surface area contributed by atoms with Crippen LogP contribution in [0.1, 0.15) is 32.8 Å². The highest BCUT2D eigenvalue weighted by molar-refractivity contribution is 7.07. The predicted molar refractivity (Wildman–Crippen MR) is 65.1 cm³/mol. The van der Waals surface area contributed by atoms with Crippen LogP contribution >= 0.6 is 11.3 Å². The Morgan fingerprint density at radius 3 is 2.73 bits per heavy atom. The number of hydrogen-bond donors (Lipinski definition) is 1. The molecule has 1 N–H and O–H groups in total. The van der Waals surface area contributed by atoms with Gasteiger partial charge >= 0.3 is 0 Å². The lowest BCUT2D eigenvalue weighted by molar-refractivity contribution is -0.121. The molecule has 1 unspecified atom stereocenters. The minimum atomic E-state index is 0.155. The van der Waals surface area contributed by atoms with E-state index in [0.29, 0.717) is 12.3 Å². The number of carbonyl (C=O) groups excluding carboxylic acids is 1. The molecule has 0 saturated heterocycles. The van der Waals surface area contributed by atoms with Gasteiger partial charge in [0.25, 0.3) is 0 Å². The first-order valence-electron chi connectivity index (χ1n) is 5.40. The van der Waals surface area contributed by atoms with Crippen molar-refractivity contribution in [3.05, 3.63) is 22.4 Å². The van der Waals surface area contributed by atoms with E-state index in [1.807, 2.05) is 12.3 Å². The maximum absolute atomic E-state index is 11.5. The summed E-state index contributed by atoms with van der Waals surface area (Å²) in [5, 5.41) is 7.15. The van der Waals surface area contributed by atoms with Crippen molar-refractivity contribution in [1.29, 1.82) is 0 Å². The van der Waals surface area contributed by atoms with E-state index in [4.69, 9.17) is 0 Å². The van der Waals surface area contributed by atoms with E-state index >= 15 is 0 Å². The number of amides is 1. The summed E-state index contributed by atoms with van der Waals surface area (Å²) in [6.07, 6.45) is 1.44. The molecule has 0 aromatic carbocycles. The van der Waals surface area contributed by atoms with Crippen molar-refractivity contribution in [1.82, 2.24) is 5.32 Å². The van der Waals surface area contributed by atoms with Gasteiger partial charge in [0.1, 0.15) is 0 Å². The Morgan fingerprint density at radius 2 is 2.20 bits per heavy atom. The summed E-state index contributed by atoms with van der Waals surface area (Å²) < 4.78 is 0. The summed E-state index contributed by atoms with van der Waals surface area (Å²) in [5.74, 6) is 0.650. The summed E-state index contributed by atoms with van der Waals surface area (Å²) in [6.45, 7) is 6.28. The molecule has 0 bridgehead atoms. The number of hydrogen-bond acceptors (Lipinski definition) is 2. The van der Waals surface area contributed by atoms with Crippen LogP contribution in [0.4, 0.5) is 0 Å². The fourth-order valence-electron chi connectivity index (χ4n) is 1.19. The minimum Gasteiger partial charge on any atom is -0.353 e. The first-order valence-corrected chi connectivity index (χ1v) is 6.34. The van der Waals surface area contributed by atoms with E-state index in [9.17, 15) is 4.79 Å². The first-order chi connectivity index (χ1) is 7.09. The van der Waals surface area contributed by atoms with E-state index in [-0.39, 0.29) is 11.9 Å². The van der Waals surface area contributed by atoms with Crippen molar-refractivity contribution in [2.75, 3.05) is 0 Å². The third-order valence-corrected chi connectivity index (χ3v) is 3.34. The molecule has 0 aliphatic carbocycles. The van der Waals surface area contributed by atoms with Gasteiger partial charge in [0.15, 0.2) is 0 Å². The van der Waals surface area contributed by atoms with Crippen molar-refractivity contribution in [2.45, 2.75) is 39.7 Å². The maximum atomic E-state index is 11.5. The molecule has 0 saturated carbocycles. The van der Waals surface area contributed by atoms with E-state index in [1.165, 1.54) is 5.56 Å². The Hall–Kier alpha value is -0.830. The Bertz CT molecular complexity index is 293. The topological polar surface area (TPSA) is 29.1 Å². The largest absolute Gasteiger partial charge is 0.353 e. The van der Waals surface area contributed by atoms with E-state index < -0.39 is 0 Å². The molecular formula is C12H19NOS. The third-order valence-electron chi connectivity index (χ3n) is 2.61. The van der Waals surface area contributed by atoms with Gasteiger partial charge in [-0.15, -0.1) is 0 Å². The molecule has 1 heterocycles. The average Bonchev–Trinajstić information content (AvgIpc) is 2.66. The van der Waals surface area contributed by atoms with Crippen LogP contribution in [0.25, 0.3) is 0 Å². The van der Waals surface area contributed by atoms with Gasteiger partial charge in [-0.3, -0.25) is 4.79 Å². The van der Waals surface area contributed by atoms with Crippen LogP contribution in [-0.2, 0) is 11.2 Å². The summed E-state index contributed by atoms with van der Waals surface area (Å²) in [6, 6.07) is 2.34. The summed E-state index contributed by atoms with van der Waals surface area (Å²) in [5.41, 5.74) is 1.26. The molecule has 0 radical (unpaired) electrons. The Balaban J connectivity index is 2.25. The molecule has 84 valence electrons. The molecule has 2 nitrogen and oxygen atoms in total. The lowest BCUT2D eigenvalue weighted by atomic mass is 10.1. The van der Waals surface area contributed by atoms with Gasteiger partial charge in [0.05, 0.1) is 0 Å². The Morgan fingerprint density at radius 1 is 1.47 bits per heavy atom. The first kappa shape index (κ1) is 12.2. The highest BCUT2D eigenvalue weighted by Gasteiger charge is 2.10. The summed E-state index contributed by atoms with van der Waals surface area (Å²) >= 11 is 1.68. The SMILES string of the molecule is CC(C)C(C)NC(=O)CCc1ccsc1. The molecule has 0 fully saturated rings. The lowest BCUT2D eigenvalue weighted by Crippen LogP contribution is -2.36. The van der Waals surface area contributed by atoms with Gasteiger partial charge in [-0.25, -0.2) is 0 Å². The van der Waals surface area contributed by atoms with Crippen LogP contribution in [0.15, 0.2) is 16.8 Å². The number of thiophene rings is 1. The smallest absolute Gasteiger partial charge is 0.220 e. The van der Waals surface area contributed by atoms with Crippen molar-refractivity contribution >= 4 is 17.2 Å². The van der Waals surface area contributed by atoms with E-state index in [0.717, 1.165) is 6.42 Å². The van der Waals surface area contributed by atoms with Crippen molar-refractivity contribution in [3.63, 3.8) is 0 Å². The highest BCUT2D eigenvalue weighted by Crippen LogP contribution is 2.08. The quantitative estimate of drug-likeness (QED) is 0.820. The van der Waals surface area contributed by atoms with Crippen LogP contribution in [0.2, 0.25) is 0 Å². The molecule has 1 rings (SSSR count). The fraction of sp³-hybridized carbons (Fsp3) is 0.583. The zero-order chi connectivity index (χ0) is 11.3. The molecule has 1 amide bonds.